The number of hydrogen-bond donors (Lipinski definition) is 3. The van der Waals surface area contributed by atoms with Crippen LogP contribution < -0.4 is 10.6 Å². The molecule has 7 nitrogen and oxygen atoms in total. The highest BCUT2D eigenvalue weighted by Crippen LogP contribution is 2.17. The Kier molecular flexibility index (Phi) is 6.71. The summed E-state index contributed by atoms with van der Waals surface area (Å²) >= 11 is 0. The largest absolute Gasteiger partial charge is 0.449 e. The molecule has 2 aromatic rings. The van der Waals surface area contributed by atoms with Gasteiger partial charge in [-0.3, -0.25) is 4.79 Å². The lowest BCUT2D eigenvalue weighted by molar-refractivity contribution is -0.123. The van der Waals surface area contributed by atoms with E-state index in [1.165, 1.54) is 13.0 Å². The Morgan fingerprint density at radius 2 is 2.00 bits per heavy atom. The molecule has 7 heteroatoms. The van der Waals surface area contributed by atoms with Gasteiger partial charge in [0.15, 0.2) is 6.10 Å². The fourth-order valence-corrected chi connectivity index (χ4v) is 2.19. The summed E-state index contributed by atoms with van der Waals surface area (Å²) in [5.74, 6) is -1.16. The van der Waals surface area contributed by atoms with Crippen molar-refractivity contribution in [1.29, 1.82) is 5.26 Å². The number of aliphatic hydroxyl groups excluding tert-OH is 1. The summed E-state index contributed by atoms with van der Waals surface area (Å²) in [5, 5.41) is 23.3. The van der Waals surface area contributed by atoms with Crippen molar-refractivity contribution < 1.29 is 19.4 Å². The number of carbonyl (C=O) groups is 2. The minimum absolute atomic E-state index is 0.0794. The third kappa shape index (κ3) is 5.06. The first-order valence-corrected chi connectivity index (χ1v) is 8.01. The molecule has 0 bridgehead atoms. The molecule has 0 aliphatic heterocycles. The van der Waals surface area contributed by atoms with Gasteiger partial charge in [-0.15, -0.1) is 0 Å². The van der Waals surface area contributed by atoms with E-state index >= 15 is 0 Å². The van der Waals surface area contributed by atoms with E-state index in [2.05, 4.69) is 10.6 Å². The van der Waals surface area contributed by atoms with Gasteiger partial charge < -0.3 is 20.5 Å². The molecule has 0 aliphatic carbocycles. The van der Waals surface area contributed by atoms with E-state index in [1.807, 2.05) is 6.07 Å². The number of para-hydroxylation sites is 1. The van der Waals surface area contributed by atoms with Crippen LogP contribution >= 0.6 is 0 Å². The molecule has 0 saturated heterocycles. The smallest absolute Gasteiger partial charge is 0.341 e. The van der Waals surface area contributed by atoms with Crippen LogP contribution in [0.1, 0.15) is 22.8 Å². The Labute approximate surface area is 151 Å². The van der Waals surface area contributed by atoms with Gasteiger partial charge in [-0.1, -0.05) is 18.2 Å². The number of rotatable bonds is 7. The molecule has 0 heterocycles. The van der Waals surface area contributed by atoms with Crippen molar-refractivity contribution in [2.75, 3.05) is 23.8 Å². The zero-order chi connectivity index (χ0) is 18.9. The lowest BCUT2D eigenvalue weighted by atomic mass is 10.1. The molecule has 3 N–H and O–H groups in total. The molecule has 2 aromatic carbocycles. The first-order chi connectivity index (χ1) is 12.5. The number of hydrogen-bond acceptors (Lipinski definition) is 6. The number of nitrogens with one attached hydrogen (secondary N) is 2. The maximum atomic E-state index is 12.3. The number of aliphatic hydroxyl groups is 1. The maximum Gasteiger partial charge on any atom is 0.341 e. The minimum atomic E-state index is -1.03. The monoisotopic (exact) mass is 353 g/mol. The van der Waals surface area contributed by atoms with Crippen molar-refractivity contribution in [1.82, 2.24) is 0 Å². The van der Waals surface area contributed by atoms with Gasteiger partial charge in [0.2, 0.25) is 0 Å². The van der Waals surface area contributed by atoms with Gasteiger partial charge >= 0.3 is 5.97 Å². The lowest BCUT2D eigenvalue weighted by Crippen LogP contribution is -2.30. The Bertz CT molecular complexity index is 830. The van der Waals surface area contributed by atoms with Gasteiger partial charge in [0.05, 0.1) is 23.8 Å². The Balaban J connectivity index is 2.02. The molecule has 0 aromatic heterocycles. The summed E-state index contributed by atoms with van der Waals surface area (Å²) < 4.78 is 5.23. The second-order valence-electron chi connectivity index (χ2n) is 5.43. The number of carbonyl (C=O) groups excluding carboxylic acids is 2. The molecule has 0 aliphatic rings. The number of anilines is 2. The van der Waals surface area contributed by atoms with Crippen LogP contribution in [-0.2, 0) is 9.53 Å². The molecule has 26 heavy (non-hydrogen) atoms. The Morgan fingerprint density at radius 3 is 2.73 bits per heavy atom. The van der Waals surface area contributed by atoms with Crippen molar-refractivity contribution in [3.8, 4) is 6.07 Å². The molecule has 1 amide bonds. The van der Waals surface area contributed by atoms with Crippen molar-refractivity contribution >= 4 is 23.3 Å². The van der Waals surface area contributed by atoms with Gasteiger partial charge in [-0.05, 0) is 37.3 Å². The molecular formula is C19H19N3O4. The first kappa shape index (κ1) is 19.0. The minimum Gasteiger partial charge on any atom is -0.449 e. The lowest BCUT2D eigenvalue weighted by Gasteiger charge is -2.15. The number of amides is 1. The average molecular weight is 353 g/mol. The van der Waals surface area contributed by atoms with E-state index in [1.54, 1.807) is 42.5 Å². The Hall–Kier alpha value is -3.37. The van der Waals surface area contributed by atoms with Crippen molar-refractivity contribution in [3.63, 3.8) is 0 Å². The molecule has 0 unspecified atom stereocenters. The molecule has 134 valence electrons. The van der Waals surface area contributed by atoms with Gasteiger partial charge in [0, 0.05) is 17.9 Å². The number of ether oxygens (including phenoxy) is 1. The summed E-state index contributed by atoms with van der Waals surface area (Å²) in [6.45, 7) is 1.67. The van der Waals surface area contributed by atoms with Gasteiger partial charge in [-0.2, -0.15) is 5.26 Å². The van der Waals surface area contributed by atoms with E-state index < -0.39 is 18.0 Å². The van der Waals surface area contributed by atoms with Crippen LogP contribution in [0.2, 0.25) is 0 Å². The van der Waals surface area contributed by atoms with Crippen LogP contribution in [0.5, 0.6) is 0 Å². The van der Waals surface area contributed by atoms with Gasteiger partial charge in [-0.25, -0.2) is 4.79 Å². The number of nitriles is 1. The molecule has 0 saturated carbocycles. The number of esters is 1. The predicted octanol–water partition coefficient (Wildman–Crippen LogP) is 2.15. The van der Waals surface area contributed by atoms with Crippen LogP contribution in [0, 0.1) is 11.3 Å². The third-order valence-electron chi connectivity index (χ3n) is 3.49. The molecule has 1 atom stereocenters. The van der Waals surface area contributed by atoms with Crippen LogP contribution in [0.4, 0.5) is 11.4 Å². The molecule has 2 rings (SSSR count). The first-order valence-electron chi connectivity index (χ1n) is 8.01. The second-order valence-corrected chi connectivity index (χ2v) is 5.43. The quantitative estimate of drug-likeness (QED) is 0.658. The van der Waals surface area contributed by atoms with Crippen LogP contribution in [0.3, 0.4) is 0 Å². The summed E-state index contributed by atoms with van der Waals surface area (Å²) in [7, 11) is 0. The van der Waals surface area contributed by atoms with Gasteiger partial charge in [0.25, 0.3) is 5.91 Å². The van der Waals surface area contributed by atoms with Crippen LogP contribution in [0.15, 0.2) is 48.5 Å². The van der Waals surface area contributed by atoms with Crippen molar-refractivity contribution in [2.24, 2.45) is 0 Å². The van der Waals surface area contributed by atoms with Gasteiger partial charge in [0.1, 0.15) is 0 Å². The van der Waals surface area contributed by atoms with Crippen molar-refractivity contribution in [3.05, 3.63) is 59.7 Å². The second kappa shape index (κ2) is 9.20. The third-order valence-corrected chi connectivity index (χ3v) is 3.49. The summed E-state index contributed by atoms with van der Waals surface area (Å²) in [5.41, 5.74) is 1.64. The summed E-state index contributed by atoms with van der Waals surface area (Å²) in [6.07, 6.45) is -1.03. The normalized spacial score (nSPS) is 11.1. The van der Waals surface area contributed by atoms with E-state index in [-0.39, 0.29) is 18.7 Å². The van der Waals surface area contributed by atoms with E-state index in [9.17, 15) is 9.59 Å². The summed E-state index contributed by atoms with van der Waals surface area (Å²) in [6, 6.07) is 15.1. The number of nitrogens with zero attached hydrogens (tertiary/aromatic N) is 1. The van der Waals surface area contributed by atoms with E-state index in [0.717, 1.165) is 0 Å². The highest BCUT2D eigenvalue weighted by Gasteiger charge is 2.21. The fourth-order valence-electron chi connectivity index (χ4n) is 2.19. The summed E-state index contributed by atoms with van der Waals surface area (Å²) in [4.78, 5) is 24.6. The maximum absolute atomic E-state index is 12.3. The standard InChI is InChI=1S/C19H19N3O4/c1-13(18(24)22-15-6-4-5-14(11-15)12-20)26-19(25)16-7-2-3-8-17(16)21-9-10-23/h2-8,11,13,21,23H,9-10H2,1H3,(H,22,24)/t13-/m1/s1. The zero-order valence-electron chi connectivity index (χ0n) is 14.2. The van der Waals surface area contributed by atoms with Crippen LogP contribution in [-0.4, -0.2) is 36.2 Å². The fraction of sp³-hybridized carbons (Fsp3) is 0.211. The number of benzene rings is 2. The average Bonchev–Trinajstić information content (AvgIpc) is 2.66. The Morgan fingerprint density at radius 1 is 1.23 bits per heavy atom. The predicted molar refractivity (Wildman–Crippen MR) is 96.7 cm³/mol. The molecule has 0 radical (unpaired) electrons. The topological polar surface area (TPSA) is 111 Å². The van der Waals surface area contributed by atoms with Crippen LogP contribution in [0.25, 0.3) is 0 Å². The van der Waals surface area contributed by atoms with E-state index in [0.29, 0.717) is 16.9 Å². The highest BCUT2D eigenvalue weighted by atomic mass is 16.5. The van der Waals surface area contributed by atoms with E-state index in [4.69, 9.17) is 15.1 Å². The highest BCUT2D eigenvalue weighted by molar-refractivity contribution is 5.99. The molecular weight excluding hydrogens is 334 g/mol. The zero-order valence-corrected chi connectivity index (χ0v) is 14.2. The SMILES string of the molecule is C[C@@H](OC(=O)c1ccccc1NCCO)C(=O)Nc1cccc(C#N)c1. The molecule has 0 fully saturated rings. The van der Waals surface area contributed by atoms with Crippen molar-refractivity contribution in [2.45, 2.75) is 13.0 Å². The molecule has 0 spiro atoms.